The van der Waals surface area contributed by atoms with Crippen molar-refractivity contribution in [3.8, 4) is 0 Å². The van der Waals surface area contributed by atoms with Crippen molar-refractivity contribution in [2.75, 3.05) is 29.0 Å². The maximum absolute atomic E-state index is 5.82. The Morgan fingerprint density at radius 3 is 2.74 bits per heavy atom. The lowest BCUT2D eigenvalue weighted by Gasteiger charge is -2.25. The van der Waals surface area contributed by atoms with Gasteiger partial charge in [-0.15, -0.1) is 0 Å². The monoisotopic (exact) mass is 263 g/mol. The van der Waals surface area contributed by atoms with E-state index >= 15 is 0 Å². The van der Waals surface area contributed by atoms with Gasteiger partial charge in [0.25, 0.3) is 0 Å². The lowest BCUT2D eigenvalue weighted by Crippen LogP contribution is -2.29. The Labute approximate surface area is 115 Å². The molecular weight excluding hydrogens is 238 g/mol. The molecule has 19 heavy (non-hydrogen) atoms. The Morgan fingerprint density at radius 1 is 1.42 bits per heavy atom. The Hall–Kier alpha value is -1.52. The summed E-state index contributed by atoms with van der Waals surface area (Å²) in [5.74, 6) is 2.84. The molecule has 1 aromatic heterocycles. The van der Waals surface area contributed by atoms with E-state index in [1.165, 1.54) is 19.3 Å². The van der Waals surface area contributed by atoms with Gasteiger partial charge < -0.3 is 16.0 Å². The van der Waals surface area contributed by atoms with E-state index in [-0.39, 0.29) is 0 Å². The van der Waals surface area contributed by atoms with Gasteiger partial charge in [-0.25, -0.2) is 0 Å². The predicted molar refractivity (Wildman–Crippen MR) is 80.4 cm³/mol. The second-order valence-electron chi connectivity index (χ2n) is 5.61. The number of nitrogens with one attached hydrogen (secondary N) is 1. The zero-order chi connectivity index (χ0) is 13.8. The number of hydrogen-bond donors (Lipinski definition) is 2. The van der Waals surface area contributed by atoms with E-state index in [4.69, 9.17) is 5.73 Å². The second-order valence-corrected chi connectivity index (χ2v) is 5.61. The standard InChI is InChI=1S/C14H25N5/c1-4-16-12-9-13(18-14(15)17-12)19(11-5-6-11)8-7-10(2)3/h9-11H,4-8H2,1-3H3,(H3,15,16,17,18). The van der Waals surface area contributed by atoms with Crippen molar-refractivity contribution in [1.82, 2.24) is 9.97 Å². The molecular formula is C14H25N5. The molecule has 106 valence electrons. The number of nitrogens with two attached hydrogens (primary N) is 1. The van der Waals surface area contributed by atoms with Gasteiger partial charge in [-0.1, -0.05) is 13.8 Å². The van der Waals surface area contributed by atoms with Crippen LogP contribution in [-0.4, -0.2) is 29.1 Å². The molecule has 0 unspecified atom stereocenters. The summed E-state index contributed by atoms with van der Waals surface area (Å²) in [7, 11) is 0. The normalized spacial score (nSPS) is 14.7. The zero-order valence-electron chi connectivity index (χ0n) is 12.2. The summed E-state index contributed by atoms with van der Waals surface area (Å²) in [4.78, 5) is 11.0. The maximum Gasteiger partial charge on any atom is 0.223 e. The number of nitrogen functional groups attached to an aromatic ring is 1. The highest BCUT2D eigenvalue weighted by molar-refractivity contribution is 5.53. The van der Waals surface area contributed by atoms with Crippen LogP contribution in [0, 0.1) is 5.92 Å². The number of anilines is 3. The fourth-order valence-corrected chi connectivity index (χ4v) is 2.14. The molecule has 0 aromatic carbocycles. The predicted octanol–water partition coefficient (Wildman–Crippen LogP) is 2.51. The molecule has 1 aromatic rings. The zero-order valence-corrected chi connectivity index (χ0v) is 12.2. The fraction of sp³-hybridized carbons (Fsp3) is 0.714. The van der Waals surface area contributed by atoms with E-state index in [1.54, 1.807) is 0 Å². The van der Waals surface area contributed by atoms with Gasteiger partial charge in [0.05, 0.1) is 0 Å². The minimum absolute atomic E-state index is 0.351. The number of nitrogens with zero attached hydrogens (tertiary/aromatic N) is 3. The summed E-state index contributed by atoms with van der Waals surface area (Å²) in [6, 6.07) is 2.65. The highest BCUT2D eigenvalue weighted by Crippen LogP contribution is 2.32. The van der Waals surface area contributed by atoms with Gasteiger partial charge in [0, 0.05) is 25.2 Å². The fourth-order valence-electron chi connectivity index (χ4n) is 2.14. The lowest BCUT2D eigenvalue weighted by molar-refractivity contribution is 0.568. The first-order valence-electron chi connectivity index (χ1n) is 7.25. The summed E-state index contributed by atoms with van der Waals surface area (Å²) in [5.41, 5.74) is 5.82. The van der Waals surface area contributed by atoms with E-state index in [0.717, 1.165) is 24.7 Å². The van der Waals surface area contributed by atoms with Gasteiger partial charge in [-0.3, -0.25) is 0 Å². The van der Waals surface area contributed by atoms with Crippen molar-refractivity contribution in [3.05, 3.63) is 6.07 Å². The molecule has 1 aliphatic carbocycles. The van der Waals surface area contributed by atoms with Gasteiger partial charge in [0.1, 0.15) is 11.6 Å². The molecule has 0 amide bonds. The first kappa shape index (κ1) is 13.9. The molecule has 0 aliphatic heterocycles. The largest absolute Gasteiger partial charge is 0.370 e. The maximum atomic E-state index is 5.82. The van der Waals surface area contributed by atoms with Crippen LogP contribution < -0.4 is 16.0 Å². The average Bonchev–Trinajstić information content (AvgIpc) is 3.13. The van der Waals surface area contributed by atoms with E-state index < -0.39 is 0 Å². The van der Waals surface area contributed by atoms with Crippen LogP contribution in [0.25, 0.3) is 0 Å². The Morgan fingerprint density at radius 2 is 2.16 bits per heavy atom. The molecule has 3 N–H and O–H groups in total. The summed E-state index contributed by atoms with van der Waals surface area (Å²) in [6.45, 7) is 8.44. The molecule has 1 saturated carbocycles. The molecule has 0 spiro atoms. The van der Waals surface area contributed by atoms with Gasteiger partial charge >= 0.3 is 0 Å². The topological polar surface area (TPSA) is 67.1 Å². The highest BCUT2D eigenvalue weighted by Gasteiger charge is 2.30. The second kappa shape index (κ2) is 6.08. The molecule has 1 fully saturated rings. The molecule has 0 radical (unpaired) electrons. The van der Waals surface area contributed by atoms with Crippen molar-refractivity contribution in [3.63, 3.8) is 0 Å². The van der Waals surface area contributed by atoms with Gasteiger partial charge in [0.2, 0.25) is 5.95 Å². The van der Waals surface area contributed by atoms with Crippen LogP contribution in [0.5, 0.6) is 0 Å². The van der Waals surface area contributed by atoms with Crippen molar-refractivity contribution in [2.24, 2.45) is 5.92 Å². The van der Waals surface area contributed by atoms with Crippen LogP contribution in [0.4, 0.5) is 17.6 Å². The first-order chi connectivity index (χ1) is 9.10. The minimum atomic E-state index is 0.351. The molecule has 0 atom stereocenters. The SMILES string of the molecule is CCNc1cc(N(CCC(C)C)C2CC2)nc(N)n1. The molecule has 0 bridgehead atoms. The third-order valence-corrected chi connectivity index (χ3v) is 3.32. The number of aromatic nitrogens is 2. The lowest BCUT2D eigenvalue weighted by atomic mass is 10.1. The van der Waals surface area contributed by atoms with E-state index in [1.807, 2.05) is 6.07 Å². The highest BCUT2D eigenvalue weighted by atomic mass is 15.3. The minimum Gasteiger partial charge on any atom is -0.370 e. The van der Waals surface area contributed by atoms with Crippen LogP contribution in [0.2, 0.25) is 0 Å². The smallest absolute Gasteiger partial charge is 0.223 e. The van der Waals surface area contributed by atoms with Crippen LogP contribution in [0.1, 0.15) is 40.0 Å². The van der Waals surface area contributed by atoms with E-state index in [2.05, 4.69) is 41.0 Å². The summed E-state index contributed by atoms with van der Waals surface area (Å²) in [6.07, 6.45) is 3.70. The summed E-state index contributed by atoms with van der Waals surface area (Å²) >= 11 is 0. The van der Waals surface area contributed by atoms with Crippen LogP contribution in [-0.2, 0) is 0 Å². The van der Waals surface area contributed by atoms with Gasteiger partial charge in [-0.05, 0) is 32.1 Å². The molecule has 5 heteroatoms. The quantitative estimate of drug-likeness (QED) is 0.791. The first-order valence-corrected chi connectivity index (χ1v) is 7.25. The molecule has 0 saturated heterocycles. The average molecular weight is 263 g/mol. The summed E-state index contributed by atoms with van der Waals surface area (Å²) < 4.78 is 0. The third kappa shape index (κ3) is 3.98. The van der Waals surface area contributed by atoms with Crippen molar-refractivity contribution < 1.29 is 0 Å². The number of hydrogen-bond acceptors (Lipinski definition) is 5. The Kier molecular flexibility index (Phi) is 4.45. The van der Waals surface area contributed by atoms with Gasteiger partial charge in [0.15, 0.2) is 0 Å². The third-order valence-electron chi connectivity index (χ3n) is 3.32. The van der Waals surface area contributed by atoms with Gasteiger partial charge in [-0.2, -0.15) is 9.97 Å². The van der Waals surface area contributed by atoms with E-state index in [0.29, 0.717) is 17.9 Å². The van der Waals surface area contributed by atoms with Crippen molar-refractivity contribution in [2.45, 2.75) is 46.1 Å². The Balaban J connectivity index is 2.15. The summed E-state index contributed by atoms with van der Waals surface area (Å²) in [5, 5.41) is 3.21. The van der Waals surface area contributed by atoms with E-state index in [9.17, 15) is 0 Å². The molecule has 1 aliphatic rings. The molecule has 1 heterocycles. The van der Waals surface area contributed by atoms with Crippen LogP contribution >= 0.6 is 0 Å². The molecule has 5 nitrogen and oxygen atoms in total. The van der Waals surface area contributed by atoms with Crippen molar-refractivity contribution >= 4 is 17.6 Å². The number of rotatable bonds is 7. The van der Waals surface area contributed by atoms with Crippen LogP contribution in [0.3, 0.4) is 0 Å². The van der Waals surface area contributed by atoms with Crippen LogP contribution in [0.15, 0.2) is 6.07 Å². The Bertz CT molecular complexity index is 414. The van der Waals surface area contributed by atoms with Crippen molar-refractivity contribution in [1.29, 1.82) is 0 Å². The molecule has 2 rings (SSSR count).